The zero-order chi connectivity index (χ0) is 18.2. The van der Waals surface area contributed by atoms with E-state index in [-0.39, 0.29) is 12.6 Å². The molecule has 140 valence electrons. The minimum absolute atomic E-state index is 0.239. The SMILES string of the molecule is Fc1ccc2nc(-c3ccc4c(c3)OCO4)c(CN3CCCNCC3)n2c1. The average Bonchev–Trinajstić information content (AvgIpc) is 3.18. The van der Waals surface area contributed by atoms with E-state index in [1.165, 1.54) is 12.3 Å². The van der Waals surface area contributed by atoms with E-state index in [0.717, 1.165) is 73.2 Å². The number of pyridine rings is 1. The summed E-state index contributed by atoms with van der Waals surface area (Å²) in [6.07, 6.45) is 2.62. The molecular formula is C20H21FN4O2. The average molecular weight is 368 g/mol. The minimum atomic E-state index is -0.268. The number of nitrogens with one attached hydrogen (secondary N) is 1. The smallest absolute Gasteiger partial charge is 0.231 e. The van der Waals surface area contributed by atoms with E-state index in [4.69, 9.17) is 14.5 Å². The fourth-order valence-corrected chi connectivity index (χ4v) is 3.77. The summed E-state index contributed by atoms with van der Waals surface area (Å²) in [5, 5.41) is 3.42. The molecule has 1 saturated heterocycles. The number of rotatable bonds is 3. The Kier molecular flexibility index (Phi) is 4.18. The molecule has 4 heterocycles. The maximum Gasteiger partial charge on any atom is 0.231 e. The van der Waals surface area contributed by atoms with Gasteiger partial charge in [0.15, 0.2) is 11.5 Å². The summed E-state index contributed by atoms with van der Waals surface area (Å²) < 4.78 is 26.8. The number of halogens is 1. The highest BCUT2D eigenvalue weighted by molar-refractivity contribution is 5.69. The molecule has 0 bridgehead atoms. The zero-order valence-electron chi connectivity index (χ0n) is 14.9. The van der Waals surface area contributed by atoms with Crippen LogP contribution in [0.1, 0.15) is 12.1 Å². The van der Waals surface area contributed by atoms with Crippen molar-refractivity contribution in [2.45, 2.75) is 13.0 Å². The Balaban J connectivity index is 1.60. The molecule has 3 aromatic rings. The number of imidazole rings is 1. The van der Waals surface area contributed by atoms with Crippen LogP contribution in [0.15, 0.2) is 36.5 Å². The normalized spacial score (nSPS) is 17.4. The van der Waals surface area contributed by atoms with E-state index in [1.54, 1.807) is 6.07 Å². The lowest BCUT2D eigenvalue weighted by Crippen LogP contribution is -2.28. The van der Waals surface area contributed by atoms with Crippen LogP contribution in [-0.4, -0.2) is 47.3 Å². The van der Waals surface area contributed by atoms with E-state index in [0.29, 0.717) is 0 Å². The Morgan fingerprint density at radius 3 is 2.96 bits per heavy atom. The first kappa shape index (κ1) is 16.5. The summed E-state index contributed by atoms with van der Waals surface area (Å²) in [5.41, 5.74) is 3.54. The van der Waals surface area contributed by atoms with E-state index >= 15 is 0 Å². The second-order valence-electron chi connectivity index (χ2n) is 6.93. The van der Waals surface area contributed by atoms with Gasteiger partial charge in [-0.05, 0) is 49.8 Å². The maximum absolute atomic E-state index is 13.9. The monoisotopic (exact) mass is 368 g/mol. The third-order valence-corrected chi connectivity index (χ3v) is 5.13. The molecule has 5 rings (SSSR count). The number of benzene rings is 1. The van der Waals surface area contributed by atoms with Gasteiger partial charge in [0, 0.05) is 31.4 Å². The van der Waals surface area contributed by atoms with Crippen molar-refractivity contribution in [2.24, 2.45) is 0 Å². The lowest BCUT2D eigenvalue weighted by atomic mass is 10.1. The standard InChI is InChI=1S/C20H21FN4O2/c21-15-3-5-19-23-20(14-2-4-17-18(10-14)27-13-26-17)16(25(19)11-15)12-24-8-1-6-22-7-9-24/h2-5,10-11,22H,1,6-9,12-13H2. The molecule has 0 aliphatic carbocycles. The van der Waals surface area contributed by atoms with Gasteiger partial charge in [0.2, 0.25) is 6.79 Å². The van der Waals surface area contributed by atoms with Crippen molar-refractivity contribution in [1.29, 1.82) is 0 Å². The number of aromatic nitrogens is 2. The zero-order valence-corrected chi connectivity index (χ0v) is 14.9. The van der Waals surface area contributed by atoms with Crippen LogP contribution in [-0.2, 0) is 6.54 Å². The first-order valence-electron chi connectivity index (χ1n) is 9.27. The molecule has 0 radical (unpaired) electrons. The number of nitrogens with zero attached hydrogens (tertiary/aromatic N) is 3. The van der Waals surface area contributed by atoms with Crippen LogP contribution in [0.2, 0.25) is 0 Å². The molecule has 0 amide bonds. The Morgan fingerprint density at radius 1 is 1.07 bits per heavy atom. The van der Waals surface area contributed by atoms with Crippen molar-refractivity contribution < 1.29 is 13.9 Å². The third kappa shape index (κ3) is 3.13. The molecule has 1 N–H and O–H groups in total. The van der Waals surface area contributed by atoms with Gasteiger partial charge < -0.3 is 14.8 Å². The summed E-state index contributed by atoms with van der Waals surface area (Å²) >= 11 is 0. The first-order chi connectivity index (χ1) is 13.3. The van der Waals surface area contributed by atoms with Crippen molar-refractivity contribution in [3.63, 3.8) is 0 Å². The molecular weight excluding hydrogens is 347 g/mol. The summed E-state index contributed by atoms with van der Waals surface area (Å²) in [6.45, 7) is 4.93. The Bertz CT molecular complexity index is 980. The van der Waals surface area contributed by atoms with Gasteiger partial charge in [0.1, 0.15) is 11.5 Å². The van der Waals surface area contributed by atoms with Gasteiger partial charge in [0.25, 0.3) is 0 Å². The van der Waals surface area contributed by atoms with Crippen molar-refractivity contribution in [3.05, 3.63) is 48.0 Å². The van der Waals surface area contributed by atoms with Gasteiger partial charge in [0.05, 0.1) is 11.4 Å². The molecule has 2 aliphatic heterocycles. The highest BCUT2D eigenvalue weighted by Crippen LogP contribution is 2.37. The Hall–Kier alpha value is -2.64. The lowest BCUT2D eigenvalue weighted by molar-refractivity contribution is 0.174. The van der Waals surface area contributed by atoms with Crippen molar-refractivity contribution in [2.75, 3.05) is 33.0 Å². The van der Waals surface area contributed by atoms with Crippen LogP contribution in [0.4, 0.5) is 4.39 Å². The molecule has 0 saturated carbocycles. The third-order valence-electron chi connectivity index (χ3n) is 5.13. The molecule has 2 aliphatic rings. The molecule has 1 fully saturated rings. The second kappa shape index (κ2) is 6.83. The molecule has 6 nitrogen and oxygen atoms in total. The minimum Gasteiger partial charge on any atom is -0.454 e. The lowest BCUT2D eigenvalue weighted by Gasteiger charge is -2.20. The Labute approximate surface area is 156 Å². The van der Waals surface area contributed by atoms with Crippen molar-refractivity contribution in [3.8, 4) is 22.8 Å². The quantitative estimate of drug-likeness (QED) is 0.770. The van der Waals surface area contributed by atoms with Gasteiger partial charge in [-0.2, -0.15) is 0 Å². The van der Waals surface area contributed by atoms with Crippen LogP contribution in [0.25, 0.3) is 16.9 Å². The topological polar surface area (TPSA) is 51.0 Å². The predicted octanol–water partition coefficient (Wildman–Crippen LogP) is 2.66. The van der Waals surface area contributed by atoms with Gasteiger partial charge in [-0.3, -0.25) is 9.30 Å². The van der Waals surface area contributed by atoms with E-state index in [1.807, 2.05) is 22.6 Å². The highest BCUT2D eigenvalue weighted by atomic mass is 19.1. The molecule has 0 spiro atoms. The number of hydrogen-bond acceptors (Lipinski definition) is 5. The van der Waals surface area contributed by atoms with Crippen molar-refractivity contribution in [1.82, 2.24) is 19.6 Å². The van der Waals surface area contributed by atoms with Gasteiger partial charge in [-0.25, -0.2) is 9.37 Å². The van der Waals surface area contributed by atoms with E-state index < -0.39 is 0 Å². The predicted molar refractivity (Wildman–Crippen MR) is 99.5 cm³/mol. The van der Waals surface area contributed by atoms with Gasteiger partial charge >= 0.3 is 0 Å². The fraction of sp³-hybridized carbons (Fsp3) is 0.350. The highest BCUT2D eigenvalue weighted by Gasteiger charge is 2.21. The molecule has 27 heavy (non-hydrogen) atoms. The molecule has 1 aromatic carbocycles. The first-order valence-corrected chi connectivity index (χ1v) is 9.27. The van der Waals surface area contributed by atoms with Gasteiger partial charge in [-0.1, -0.05) is 0 Å². The number of hydrogen-bond donors (Lipinski definition) is 1. The molecule has 0 unspecified atom stereocenters. The summed E-state index contributed by atoms with van der Waals surface area (Å²) in [5.74, 6) is 1.20. The summed E-state index contributed by atoms with van der Waals surface area (Å²) in [6, 6.07) is 9.01. The summed E-state index contributed by atoms with van der Waals surface area (Å²) in [7, 11) is 0. The van der Waals surface area contributed by atoms with Gasteiger partial charge in [-0.15, -0.1) is 0 Å². The maximum atomic E-state index is 13.9. The van der Waals surface area contributed by atoms with Crippen LogP contribution in [0, 0.1) is 5.82 Å². The van der Waals surface area contributed by atoms with Crippen LogP contribution in [0.3, 0.4) is 0 Å². The van der Waals surface area contributed by atoms with Crippen LogP contribution >= 0.6 is 0 Å². The van der Waals surface area contributed by atoms with Crippen molar-refractivity contribution >= 4 is 5.65 Å². The number of fused-ring (bicyclic) bond motifs is 2. The molecule has 7 heteroatoms. The van der Waals surface area contributed by atoms with E-state index in [2.05, 4.69) is 10.2 Å². The fourth-order valence-electron chi connectivity index (χ4n) is 3.77. The van der Waals surface area contributed by atoms with E-state index in [9.17, 15) is 4.39 Å². The van der Waals surface area contributed by atoms with Crippen LogP contribution in [0.5, 0.6) is 11.5 Å². The number of ether oxygens (including phenoxy) is 2. The summed E-state index contributed by atoms with van der Waals surface area (Å²) in [4.78, 5) is 7.19. The Morgan fingerprint density at radius 2 is 2.00 bits per heavy atom. The molecule has 2 aromatic heterocycles. The molecule has 0 atom stereocenters. The second-order valence-corrected chi connectivity index (χ2v) is 6.93. The largest absolute Gasteiger partial charge is 0.454 e. The van der Waals surface area contributed by atoms with Crippen LogP contribution < -0.4 is 14.8 Å².